The number of aliphatic hydroxyl groups excluding tert-OH is 1. The van der Waals surface area contributed by atoms with Crippen LogP contribution in [0, 0.1) is 5.82 Å². The summed E-state index contributed by atoms with van der Waals surface area (Å²) >= 11 is 12.2. The first-order valence-electron chi connectivity index (χ1n) is 4.93. The Morgan fingerprint density at radius 1 is 1.28 bits per heavy atom. The topological polar surface area (TPSA) is 33.1 Å². The van der Waals surface area contributed by atoms with Crippen LogP contribution in [-0.4, -0.2) is 10.1 Å². The second-order valence-corrected chi connectivity index (χ2v) is 5.80. The van der Waals surface area contributed by atoms with Crippen molar-refractivity contribution in [2.24, 2.45) is 0 Å². The Bertz CT molecular complexity index is 543. The lowest BCUT2D eigenvalue weighted by Gasteiger charge is -2.13. The molecule has 1 atom stereocenters. The molecule has 0 radical (unpaired) electrons. The van der Waals surface area contributed by atoms with E-state index in [1.165, 1.54) is 18.3 Å². The van der Waals surface area contributed by atoms with Gasteiger partial charge in [-0.05, 0) is 50.1 Å². The second kappa shape index (κ2) is 5.65. The van der Waals surface area contributed by atoms with E-state index in [0.29, 0.717) is 10.2 Å². The molecule has 6 heteroatoms. The molecule has 0 amide bonds. The Balaban J connectivity index is 2.44. The summed E-state index contributed by atoms with van der Waals surface area (Å²) in [6, 6.07) is 5.86. The molecule has 0 saturated heterocycles. The zero-order valence-corrected chi connectivity index (χ0v) is 12.8. The Morgan fingerprint density at radius 3 is 2.61 bits per heavy atom. The van der Waals surface area contributed by atoms with Crippen LogP contribution in [0.1, 0.15) is 17.4 Å². The van der Waals surface area contributed by atoms with Crippen LogP contribution >= 0.6 is 43.5 Å². The number of halogens is 4. The standard InChI is InChI=1S/C12H7Br2ClFNO/c13-6-3-9(14)11(17-5-6)12(18)8-2-1-7(15)4-10(8)16/h1-5,12,18H. The highest BCUT2D eigenvalue weighted by molar-refractivity contribution is 9.11. The maximum atomic E-state index is 13.7. The minimum atomic E-state index is -1.15. The molecule has 18 heavy (non-hydrogen) atoms. The van der Waals surface area contributed by atoms with E-state index in [1.54, 1.807) is 6.07 Å². The molecule has 0 aliphatic rings. The lowest BCUT2D eigenvalue weighted by atomic mass is 10.1. The summed E-state index contributed by atoms with van der Waals surface area (Å²) in [5.41, 5.74) is 0.481. The molecule has 0 bridgehead atoms. The summed E-state index contributed by atoms with van der Waals surface area (Å²) in [6.45, 7) is 0. The first-order valence-corrected chi connectivity index (χ1v) is 6.89. The van der Waals surface area contributed by atoms with Gasteiger partial charge in [0.05, 0.1) is 5.69 Å². The van der Waals surface area contributed by atoms with E-state index in [4.69, 9.17) is 11.6 Å². The van der Waals surface area contributed by atoms with Crippen LogP contribution < -0.4 is 0 Å². The van der Waals surface area contributed by atoms with E-state index in [-0.39, 0.29) is 10.6 Å². The van der Waals surface area contributed by atoms with Gasteiger partial charge in [0, 0.05) is 25.7 Å². The molecule has 0 fully saturated rings. The Labute approximate surface area is 125 Å². The SMILES string of the molecule is OC(c1ccc(Cl)cc1F)c1ncc(Br)cc1Br. The van der Waals surface area contributed by atoms with Crippen molar-refractivity contribution in [3.8, 4) is 0 Å². The van der Waals surface area contributed by atoms with Crippen LogP contribution in [0.4, 0.5) is 4.39 Å². The number of aliphatic hydroxyl groups is 1. The molecule has 2 aromatic rings. The van der Waals surface area contributed by atoms with Crippen molar-refractivity contribution in [2.45, 2.75) is 6.10 Å². The molecule has 0 aliphatic carbocycles. The molecule has 1 heterocycles. The van der Waals surface area contributed by atoms with Gasteiger partial charge in [0.1, 0.15) is 11.9 Å². The van der Waals surface area contributed by atoms with Crippen molar-refractivity contribution in [3.05, 3.63) is 61.5 Å². The summed E-state index contributed by atoms with van der Waals surface area (Å²) < 4.78 is 15.1. The number of nitrogens with zero attached hydrogens (tertiary/aromatic N) is 1. The van der Waals surface area contributed by atoms with Crippen molar-refractivity contribution in [3.63, 3.8) is 0 Å². The van der Waals surface area contributed by atoms with E-state index in [1.807, 2.05) is 0 Å². The highest BCUT2D eigenvalue weighted by atomic mass is 79.9. The second-order valence-electron chi connectivity index (χ2n) is 3.59. The summed E-state index contributed by atoms with van der Waals surface area (Å²) in [5.74, 6) is -0.563. The third-order valence-corrected chi connectivity index (χ3v) is 3.66. The highest BCUT2D eigenvalue weighted by Crippen LogP contribution is 2.30. The van der Waals surface area contributed by atoms with Gasteiger partial charge in [0.2, 0.25) is 0 Å². The summed E-state index contributed by atoms with van der Waals surface area (Å²) in [7, 11) is 0. The van der Waals surface area contributed by atoms with Crippen molar-refractivity contribution >= 4 is 43.5 Å². The van der Waals surface area contributed by atoms with Crippen molar-refractivity contribution < 1.29 is 9.50 Å². The molecule has 0 spiro atoms. The fourth-order valence-corrected chi connectivity index (χ4v) is 2.86. The molecular weight excluding hydrogens is 388 g/mol. The summed E-state index contributed by atoms with van der Waals surface area (Å²) in [4.78, 5) is 4.07. The van der Waals surface area contributed by atoms with Gasteiger partial charge in [-0.3, -0.25) is 4.98 Å². The number of hydrogen-bond acceptors (Lipinski definition) is 2. The number of pyridine rings is 1. The van der Waals surface area contributed by atoms with E-state index in [2.05, 4.69) is 36.8 Å². The normalized spacial score (nSPS) is 12.5. The van der Waals surface area contributed by atoms with E-state index >= 15 is 0 Å². The van der Waals surface area contributed by atoms with Gasteiger partial charge < -0.3 is 5.11 Å². The lowest BCUT2D eigenvalue weighted by molar-refractivity contribution is 0.209. The predicted molar refractivity (Wildman–Crippen MR) is 75.1 cm³/mol. The lowest BCUT2D eigenvalue weighted by Crippen LogP contribution is -2.05. The molecular formula is C12H7Br2ClFNO. The van der Waals surface area contributed by atoms with Gasteiger partial charge in [-0.1, -0.05) is 17.7 Å². The van der Waals surface area contributed by atoms with Crippen molar-refractivity contribution in [1.29, 1.82) is 0 Å². The Hall–Kier alpha value is -0.490. The van der Waals surface area contributed by atoms with Crippen molar-refractivity contribution in [2.75, 3.05) is 0 Å². The number of hydrogen-bond donors (Lipinski definition) is 1. The Kier molecular flexibility index (Phi) is 4.37. The van der Waals surface area contributed by atoms with Gasteiger partial charge in [0.25, 0.3) is 0 Å². The average Bonchev–Trinajstić information content (AvgIpc) is 2.28. The average molecular weight is 395 g/mol. The summed E-state index contributed by atoms with van der Waals surface area (Å²) in [5, 5.41) is 10.4. The zero-order valence-electron chi connectivity index (χ0n) is 8.87. The minimum Gasteiger partial charge on any atom is -0.382 e. The zero-order chi connectivity index (χ0) is 13.3. The molecule has 1 N–H and O–H groups in total. The molecule has 94 valence electrons. The predicted octanol–water partition coefficient (Wildman–Crippen LogP) is 4.48. The first kappa shape index (κ1) is 13.9. The smallest absolute Gasteiger partial charge is 0.130 e. The largest absolute Gasteiger partial charge is 0.382 e. The highest BCUT2D eigenvalue weighted by Gasteiger charge is 2.19. The first-order chi connectivity index (χ1) is 8.49. The number of aromatic nitrogens is 1. The maximum Gasteiger partial charge on any atom is 0.130 e. The number of rotatable bonds is 2. The van der Waals surface area contributed by atoms with Crippen LogP contribution in [0.15, 0.2) is 39.4 Å². The molecule has 1 unspecified atom stereocenters. The van der Waals surface area contributed by atoms with Crippen LogP contribution in [-0.2, 0) is 0 Å². The monoisotopic (exact) mass is 393 g/mol. The van der Waals surface area contributed by atoms with Gasteiger partial charge >= 0.3 is 0 Å². The van der Waals surface area contributed by atoms with Gasteiger partial charge in [-0.2, -0.15) is 0 Å². The van der Waals surface area contributed by atoms with Crippen LogP contribution in [0.25, 0.3) is 0 Å². The van der Waals surface area contributed by atoms with Crippen LogP contribution in [0.3, 0.4) is 0 Å². The minimum absolute atomic E-state index is 0.134. The van der Waals surface area contributed by atoms with Gasteiger partial charge in [-0.15, -0.1) is 0 Å². The summed E-state index contributed by atoms with van der Waals surface area (Å²) in [6.07, 6.45) is 0.390. The molecule has 1 aromatic carbocycles. The van der Waals surface area contributed by atoms with Gasteiger partial charge in [-0.25, -0.2) is 4.39 Å². The number of benzene rings is 1. The molecule has 0 aliphatic heterocycles. The molecule has 2 rings (SSSR count). The third kappa shape index (κ3) is 2.91. The van der Waals surface area contributed by atoms with E-state index < -0.39 is 11.9 Å². The fourth-order valence-electron chi connectivity index (χ4n) is 1.50. The molecule has 0 saturated carbocycles. The van der Waals surface area contributed by atoms with E-state index in [0.717, 1.165) is 10.5 Å². The third-order valence-electron chi connectivity index (χ3n) is 2.35. The van der Waals surface area contributed by atoms with Crippen molar-refractivity contribution in [1.82, 2.24) is 4.98 Å². The van der Waals surface area contributed by atoms with E-state index in [9.17, 15) is 9.50 Å². The van der Waals surface area contributed by atoms with Crippen LogP contribution in [0.5, 0.6) is 0 Å². The van der Waals surface area contributed by atoms with Gasteiger partial charge in [0.15, 0.2) is 0 Å². The molecule has 2 nitrogen and oxygen atoms in total. The Morgan fingerprint density at radius 2 is 2.00 bits per heavy atom. The fraction of sp³-hybridized carbons (Fsp3) is 0.0833. The maximum absolute atomic E-state index is 13.7. The molecule has 1 aromatic heterocycles. The quantitative estimate of drug-likeness (QED) is 0.813. The van der Waals surface area contributed by atoms with Crippen LogP contribution in [0.2, 0.25) is 5.02 Å².